The van der Waals surface area contributed by atoms with Crippen LogP contribution in [0, 0.1) is 6.92 Å². The fourth-order valence-electron chi connectivity index (χ4n) is 1.77. The molecule has 0 atom stereocenters. The third-order valence-electron chi connectivity index (χ3n) is 2.73. The van der Waals surface area contributed by atoms with E-state index < -0.39 is 17.6 Å². The summed E-state index contributed by atoms with van der Waals surface area (Å²) in [5.41, 5.74) is -0.743. The Morgan fingerprint density at radius 3 is 2.50 bits per heavy atom. The summed E-state index contributed by atoms with van der Waals surface area (Å²) in [5, 5.41) is 2.41. The van der Waals surface area contributed by atoms with Gasteiger partial charge in [-0.1, -0.05) is 18.2 Å². The minimum absolute atomic E-state index is 0.0108. The second kappa shape index (κ2) is 5.40. The number of amides is 1. The standard InChI is InChI=1S/C14H12F3NO2/c1-9-6-7-12(20-9)13(19)18-8-10-4-2-3-5-11(10)14(15,16)17/h2-7H,8H2,1H3,(H,18,19). The number of hydrogen-bond donors (Lipinski definition) is 1. The lowest BCUT2D eigenvalue weighted by Gasteiger charge is -2.12. The molecule has 0 bridgehead atoms. The van der Waals surface area contributed by atoms with E-state index in [4.69, 9.17) is 4.42 Å². The van der Waals surface area contributed by atoms with Gasteiger partial charge in [0.25, 0.3) is 5.91 Å². The van der Waals surface area contributed by atoms with Crippen LogP contribution in [0.2, 0.25) is 0 Å². The van der Waals surface area contributed by atoms with Crippen LogP contribution in [0.3, 0.4) is 0 Å². The molecule has 0 fully saturated rings. The Morgan fingerprint density at radius 1 is 1.20 bits per heavy atom. The summed E-state index contributed by atoms with van der Waals surface area (Å²) >= 11 is 0. The van der Waals surface area contributed by atoms with Gasteiger partial charge in [0.1, 0.15) is 5.76 Å². The van der Waals surface area contributed by atoms with Gasteiger partial charge < -0.3 is 9.73 Å². The van der Waals surface area contributed by atoms with Crippen molar-refractivity contribution < 1.29 is 22.4 Å². The van der Waals surface area contributed by atoms with Gasteiger partial charge in [0.15, 0.2) is 5.76 Å². The van der Waals surface area contributed by atoms with Crippen molar-refractivity contribution in [2.75, 3.05) is 0 Å². The van der Waals surface area contributed by atoms with Crippen molar-refractivity contribution in [3.05, 3.63) is 59.0 Å². The molecule has 1 amide bonds. The third kappa shape index (κ3) is 3.20. The Hall–Kier alpha value is -2.24. The van der Waals surface area contributed by atoms with Crippen molar-refractivity contribution in [1.82, 2.24) is 5.32 Å². The van der Waals surface area contributed by atoms with E-state index in [0.29, 0.717) is 5.76 Å². The molecule has 1 aromatic carbocycles. The molecule has 0 aliphatic heterocycles. The predicted octanol–water partition coefficient (Wildman–Crippen LogP) is 3.54. The number of furan rings is 1. The second-order valence-corrected chi connectivity index (χ2v) is 4.25. The van der Waals surface area contributed by atoms with Crippen LogP contribution in [0.15, 0.2) is 40.8 Å². The summed E-state index contributed by atoms with van der Waals surface area (Å²) in [4.78, 5) is 11.7. The van der Waals surface area contributed by atoms with Gasteiger partial charge in [-0.15, -0.1) is 0 Å². The summed E-state index contributed by atoms with van der Waals surface area (Å²) in [6.07, 6.45) is -4.44. The zero-order chi connectivity index (χ0) is 14.8. The molecule has 6 heteroatoms. The quantitative estimate of drug-likeness (QED) is 0.936. The highest BCUT2D eigenvalue weighted by atomic mass is 19.4. The van der Waals surface area contributed by atoms with Gasteiger partial charge in [0.2, 0.25) is 0 Å². The summed E-state index contributed by atoms with van der Waals surface area (Å²) in [6.45, 7) is 1.46. The zero-order valence-corrected chi connectivity index (χ0v) is 10.6. The summed E-state index contributed by atoms with van der Waals surface area (Å²) in [7, 11) is 0. The molecule has 0 radical (unpaired) electrons. The number of hydrogen-bond acceptors (Lipinski definition) is 2. The summed E-state index contributed by atoms with van der Waals surface area (Å²) < 4.78 is 43.4. The maximum atomic E-state index is 12.8. The van der Waals surface area contributed by atoms with Crippen molar-refractivity contribution >= 4 is 5.91 Å². The van der Waals surface area contributed by atoms with Crippen LogP contribution in [0.25, 0.3) is 0 Å². The number of halogens is 3. The van der Waals surface area contributed by atoms with Crippen molar-refractivity contribution in [1.29, 1.82) is 0 Å². The first-order valence-corrected chi connectivity index (χ1v) is 5.87. The number of benzene rings is 1. The Balaban J connectivity index is 2.10. The molecule has 2 rings (SSSR count). The highest BCUT2D eigenvalue weighted by Gasteiger charge is 2.32. The topological polar surface area (TPSA) is 42.2 Å². The van der Waals surface area contributed by atoms with E-state index in [-0.39, 0.29) is 17.9 Å². The monoisotopic (exact) mass is 283 g/mol. The average Bonchev–Trinajstić information content (AvgIpc) is 2.82. The van der Waals surface area contributed by atoms with Gasteiger partial charge in [0.05, 0.1) is 5.56 Å². The fourth-order valence-corrected chi connectivity index (χ4v) is 1.77. The van der Waals surface area contributed by atoms with E-state index in [2.05, 4.69) is 5.32 Å². The van der Waals surface area contributed by atoms with Gasteiger partial charge in [-0.25, -0.2) is 0 Å². The third-order valence-corrected chi connectivity index (χ3v) is 2.73. The predicted molar refractivity (Wildman–Crippen MR) is 66.1 cm³/mol. The Bertz CT molecular complexity index is 617. The van der Waals surface area contributed by atoms with Crippen molar-refractivity contribution in [2.45, 2.75) is 19.6 Å². The molecule has 0 aliphatic rings. The van der Waals surface area contributed by atoms with E-state index in [9.17, 15) is 18.0 Å². The highest BCUT2D eigenvalue weighted by Crippen LogP contribution is 2.31. The van der Waals surface area contributed by atoms with Crippen LogP contribution in [0.5, 0.6) is 0 Å². The number of rotatable bonds is 3. The van der Waals surface area contributed by atoms with Crippen molar-refractivity contribution in [3.63, 3.8) is 0 Å². The molecule has 0 saturated heterocycles. The molecule has 106 valence electrons. The van der Waals surface area contributed by atoms with Gasteiger partial charge in [-0.05, 0) is 30.7 Å². The van der Waals surface area contributed by atoms with Gasteiger partial charge in [-0.2, -0.15) is 13.2 Å². The lowest BCUT2D eigenvalue weighted by Crippen LogP contribution is -2.24. The fraction of sp³-hybridized carbons (Fsp3) is 0.214. The Kier molecular flexibility index (Phi) is 3.83. The molecular weight excluding hydrogens is 271 g/mol. The molecule has 3 nitrogen and oxygen atoms in total. The van der Waals surface area contributed by atoms with Crippen molar-refractivity contribution in [3.8, 4) is 0 Å². The number of carbonyl (C=O) groups excluding carboxylic acids is 1. The Labute approximate surface area is 113 Å². The van der Waals surface area contributed by atoms with Crippen LogP contribution in [0.4, 0.5) is 13.2 Å². The van der Waals surface area contributed by atoms with E-state index in [1.54, 1.807) is 13.0 Å². The minimum atomic E-state index is -4.44. The molecule has 0 saturated carbocycles. The molecule has 0 unspecified atom stereocenters. The SMILES string of the molecule is Cc1ccc(C(=O)NCc2ccccc2C(F)(F)F)o1. The first-order valence-electron chi connectivity index (χ1n) is 5.87. The van der Waals surface area contributed by atoms with Crippen LogP contribution in [-0.4, -0.2) is 5.91 Å². The molecule has 1 heterocycles. The number of aryl methyl sites for hydroxylation is 1. The van der Waals surface area contributed by atoms with Crippen LogP contribution < -0.4 is 5.32 Å². The average molecular weight is 283 g/mol. The maximum absolute atomic E-state index is 12.8. The van der Waals surface area contributed by atoms with Gasteiger partial charge in [0, 0.05) is 6.54 Å². The largest absolute Gasteiger partial charge is 0.456 e. The first kappa shape index (κ1) is 14.2. The molecule has 1 aromatic heterocycles. The Morgan fingerprint density at radius 2 is 1.90 bits per heavy atom. The van der Waals surface area contributed by atoms with E-state index in [0.717, 1.165) is 6.07 Å². The van der Waals surface area contributed by atoms with Gasteiger partial charge in [-0.3, -0.25) is 4.79 Å². The number of alkyl halides is 3. The first-order chi connectivity index (χ1) is 9.38. The lowest BCUT2D eigenvalue weighted by atomic mass is 10.1. The molecule has 1 N–H and O–H groups in total. The summed E-state index contributed by atoms with van der Waals surface area (Å²) in [5.74, 6) is 0.0907. The van der Waals surface area contributed by atoms with Crippen LogP contribution >= 0.6 is 0 Å². The number of carbonyl (C=O) groups is 1. The van der Waals surface area contributed by atoms with Crippen LogP contribution in [0.1, 0.15) is 27.4 Å². The molecule has 0 spiro atoms. The van der Waals surface area contributed by atoms with E-state index in [1.807, 2.05) is 0 Å². The maximum Gasteiger partial charge on any atom is 0.416 e. The molecule has 0 aliphatic carbocycles. The van der Waals surface area contributed by atoms with Crippen LogP contribution in [-0.2, 0) is 12.7 Å². The normalized spacial score (nSPS) is 11.4. The number of nitrogens with one attached hydrogen (secondary N) is 1. The van der Waals surface area contributed by atoms with Crippen molar-refractivity contribution in [2.24, 2.45) is 0 Å². The minimum Gasteiger partial charge on any atom is -0.456 e. The highest BCUT2D eigenvalue weighted by molar-refractivity contribution is 5.91. The smallest absolute Gasteiger partial charge is 0.416 e. The zero-order valence-electron chi connectivity index (χ0n) is 10.6. The van der Waals surface area contributed by atoms with E-state index in [1.165, 1.54) is 24.3 Å². The summed E-state index contributed by atoms with van der Waals surface area (Å²) in [6, 6.07) is 8.20. The molecule has 20 heavy (non-hydrogen) atoms. The lowest BCUT2D eigenvalue weighted by molar-refractivity contribution is -0.138. The van der Waals surface area contributed by atoms with E-state index >= 15 is 0 Å². The van der Waals surface area contributed by atoms with Gasteiger partial charge >= 0.3 is 6.18 Å². The second-order valence-electron chi connectivity index (χ2n) is 4.25. The molecule has 2 aromatic rings. The molecular formula is C14H12F3NO2.